The number of nitrogens with zero attached hydrogens (tertiary/aromatic N) is 1. The zero-order chi connectivity index (χ0) is 12.0. The maximum atomic E-state index is 10.8. The van der Waals surface area contributed by atoms with Crippen molar-refractivity contribution in [3.05, 3.63) is 0 Å². The number of ether oxygens (including phenoxy) is 1. The molecule has 16 heavy (non-hydrogen) atoms. The lowest BCUT2D eigenvalue weighted by molar-refractivity contribution is -0.143. The van der Waals surface area contributed by atoms with Crippen molar-refractivity contribution in [3.63, 3.8) is 0 Å². The summed E-state index contributed by atoms with van der Waals surface area (Å²) in [5, 5.41) is 18.6. The average molecular weight is 231 g/mol. The summed E-state index contributed by atoms with van der Waals surface area (Å²) in [5.41, 5.74) is 0. The van der Waals surface area contributed by atoms with E-state index in [1.165, 1.54) is 0 Å². The van der Waals surface area contributed by atoms with E-state index in [1.807, 2.05) is 11.8 Å². The maximum Gasteiger partial charge on any atom is 0.307 e. The Morgan fingerprint density at radius 1 is 1.62 bits per heavy atom. The van der Waals surface area contributed by atoms with Gasteiger partial charge in [-0.05, 0) is 26.3 Å². The van der Waals surface area contributed by atoms with Crippen LogP contribution in [-0.4, -0.2) is 60.0 Å². The van der Waals surface area contributed by atoms with Crippen LogP contribution >= 0.6 is 0 Å². The number of aliphatic hydroxyl groups excluding tert-OH is 1. The van der Waals surface area contributed by atoms with Gasteiger partial charge in [-0.15, -0.1) is 0 Å². The van der Waals surface area contributed by atoms with Gasteiger partial charge in [0.1, 0.15) is 0 Å². The molecule has 2 unspecified atom stereocenters. The van der Waals surface area contributed by atoms with Gasteiger partial charge in [0.25, 0.3) is 0 Å². The van der Waals surface area contributed by atoms with Gasteiger partial charge in [0.2, 0.25) is 0 Å². The number of piperidine rings is 1. The van der Waals surface area contributed by atoms with Crippen LogP contribution in [0, 0.1) is 5.92 Å². The second-order valence-corrected chi connectivity index (χ2v) is 4.25. The Morgan fingerprint density at radius 3 is 3.00 bits per heavy atom. The topological polar surface area (TPSA) is 70.0 Å². The van der Waals surface area contributed by atoms with E-state index in [0.29, 0.717) is 26.3 Å². The van der Waals surface area contributed by atoms with Crippen molar-refractivity contribution in [1.82, 2.24) is 4.90 Å². The van der Waals surface area contributed by atoms with Crippen molar-refractivity contribution in [3.8, 4) is 0 Å². The fourth-order valence-electron chi connectivity index (χ4n) is 2.03. The van der Waals surface area contributed by atoms with Crippen molar-refractivity contribution in [2.75, 3.05) is 32.8 Å². The molecule has 0 saturated carbocycles. The first-order valence-corrected chi connectivity index (χ1v) is 5.84. The lowest BCUT2D eigenvalue weighted by atomic mass is 9.98. The van der Waals surface area contributed by atoms with Gasteiger partial charge < -0.3 is 14.9 Å². The van der Waals surface area contributed by atoms with Crippen molar-refractivity contribution < 1.29 is 19.7 Å². The summed E-state index contributed by atoms with van der Waals surface area (Å²) < 4.78 is 5.12. The first-order valence-electron chi connectivity index (χ1n) is 5.84. The van der Waals surface area contributed by atoms with Gasteiger partial charge in [-0.3, -0.25) is 9.69 Å². The van der Waals surface area contributed by atoms with E-state index in [0.717, 1.165) is 19.4 Å². The molecule has 1 aliphatic heterocycles. The molecule has 0 aromatic carbocycles. The fourth-order valence-corrected chi connectivity index (χ4v) is 2.03. The van der Waals surface area contributed by atoms with Crippen molar-refractivity contribution >= 4 is 5.97 Å². The van der Waals surface area contributed by atoms with Crippen molar-refractivity contribution in [1.29, 1.82) is 0 Å². The lowest BCUT2D eigenvalue weighted by Gasteiger charge is -2.31. The van der Waals surface area contributed by atoms with E-state index in [1.54, 1.807) is 0 Å². The molecule has 0 amide bonds. The molecule has 94 valence electrons. The molecule has 1 aliphatic rings. The Hall–Kier alpha value is -0.650. The highest BCUT2D eigenvalue weighted by Gasteiger charge is 2.26. The number of hydrogen-bond acceptors (Lipinski definition) is 4. The molecule has 0 bridgehead atoms. The summed E-state index contributed by atoms with van der Waals surface area (Å²) in [6.45, 7) is 4.71. The third-order valence-corrected chi connectivity index (χ3v) is 2.84. The normalized spacial score (nSPS) is 24.2. The van der Waals surface area contributed by atoms with E-state index in [9.17, 15) is 9.90 Å². The van der Waals surface area contributed by atoms with Crippen LogP contribution in [-0.2, 0) is 9.53 Å². The highest BCUT2D eigenvalue weighted by atomic mass is 16.5. The molecule has 0 radical (unpaired) electrons. The Labute approximate surface area is 96.0 Å². The number of carboxylic acids is 1. The minimum absolute atomic E-state index is 0.284. The molecule has 2 atom stereocenters. The molecular weight excluding hydrogens is 210 g/mol. The third-order valence-electron chi connectivity index (χ3n) is 2.84. The van der Waals surface area contributed by atoms with Gasteiger partial charge in [-0.1, -0.05) is 0 Å². The second-order valence-electron chi connectivity index (χ2n) is 4.25. The zero-order valence-electron chi connectivity index (χ0n) is 9.76. The van der Waals surface area contributed by atoms with Gasteiger partial charge in [-0.25, -0.2) is 0 Å². The molecule has 0 aromatic rings. The van der Waals surface area contributed by atoms with Crippen molar-refractivity contribution in [2.24, 2.45) is 5.92 Å². The first-order chi connectivity index (χ1) is 7.63. The molecule has 0 aliphatic carbocycles. The van der Waals surface area contributed by atoms with Crippen LogP contribution in [0.15, 0.2) is 0 Å². The molecular formula is C11H21NO4. The van der Waals surface area contributed by atoms with E-state index in [4.69, 9.17) is 9.84 Å². The Kier molecular flexibility index (Phi) is 5.73. The number of aliphatic hydroxyl groups is 1. The van der Waals surface area contributed by atoms with Crippen LogP contribution in [0.3, 0.4) is 0 Å². The predicted octanol–water partition coefficient (Wildman–Crippen LogP) is 0.180. The van der Waals surface area contributed by atoms with Crippen LogP contribution < -0.4 is 0 Å². The Morgan fingerprint density at radius 2 is 2.38 bits per heavy atom. The molecule has 1 saturated heterocycles. The molecule has 1 heterocycles. The minimum atomic E-state index is -0.732. The number of rotatable bonds is 6. The highest BCUT2D eigenvalue weighted by molar-refractivity contribution is 5.70. The molecule has 0 spiro atoms. The lowest BCUT2D eigenvalue weighted by Crippen LogP contribution is -2.43. The monoisotopic (exact) mass is 231 g/mol. The number of likely N-dealkylation sites (tertiary alicyclic amines) is 1. The average Bonchev–Trinajstić information content (AvgIpc) is 2.26. The van der Waals surface area contributed by atoms with E-state index in [2.05, 4.69) is 0 Å². The summed E-state index contributed by atoms with van der Waals surface area (Å²) in [7, 11) is 0. The highest BCUT2D eigenvalue weighted by Crippen LogP contribution is 2.16. The number of hydrogen-bond donors (Lipinski definition) is 2. The molecule has 2 N–H and O–H groups in total. The van der Waals surface area contributed by atoms with Crippen LogP contribution in [0.4, 0.5) is 0 Å². The van der Waals surface area contributed by atoms with E-state index >= 15 is 0 Å². The van der Waals surface area contributed by atoms with Crippen LogP contribution in [0.5, 0.6) is 0 Å². The van der Waals surface area contributed by atoms with E-state index in [-0.39, 0.29) is 5.92 Å². The largest absolute Gasteiger partial charge is 0.481 e. The minimum Gasteiger partial charge on any atom is -0.481 e. The standard InChI is InChI=1S/C11H21NO4/c1-2-16-8-10(13)7-12-5-3-4-9(6-12)11(14)15/h9-10,13H,2-8H2,1H3,(H,14,15). The fraction of sp³-hybridized carbons (Fsp3) is 0.909. The van der Waals surface area contributed by atoms with Gasteiger partial charge in [0, 0.05) is 19.7 Å². The van der Waals surface area contributed by atoms with Gasteiger partial charge >= 0.3 is 5.97 Å². The van der Waals surface area contributed by atoms with Crippen molar-refractivity contribution in [2.45, 2.75) is 25.9 Å². The molecule has 5 nitrogen and oxygen atoms in total. The summed E-state index contributed by atoms with van der Waals surface area (Å²) >= 11 is 0. The molecule has 1 fully saturated rings. The molecule has 1 rings (SSSR count). The maximum absolute atomic E-state index is 10.8. The quantitative estimate of drug-likeness (QED) is 0.682. The smallest absolute Gasteiger partial charge is 0.307 e. The zero-order valence-corrected chi connectivity index (χ0v) is 9.76. The summed E-state index contributed by atoms with van der Waals surface area (Å²) in [5.74, 6) is -1.02. The summed E-state index contributed by atoms with van der Waals surface area (Å²) in [6, 6.07) is 0. The number of carbonyl (C=O) groups is 1. The summed E-state index contributed by atoms with van der Waals surface area (Å²) in [6.07, 6.45) is 1.11. The van der Waals surface area contributed by atoms with Gasteiger partial charge in [0.15, 0.2) is 0 Å². The molecule has 0 aromatic heterocycles. The van der Waals surface area contributed by atoms with E-state index < -0.39 is 12.1 Å². The van der Waals surface area contributed by atoms with Crippen LogP contribution in [0.25, 0.3) is 0 Å². The SMILES string of the molecule is CCOCC(O)CN1CCCC(C(=O)O)C1. The van der Waals surface area contributed by atoms with Gasteiger partial charge in [0.05, 0.1) is 18.6 Å². The van der Waals surface area contributed by atoms with Gasteiger partial charge in [-0.2, -0.15) is 0 Å². The number of aliphatic carboxylic acids is 1. The van der Waals surface area contributed by atoms with Crippen LogP contribution in [0.1, 0.15) is 19.8 Å². The summed E-state index contributed by atoms with van der Waals surface area (Å²) in [4.78, 5) is 12.8. The predicted molar refractivity (Wildman–Crippen MR) is 59.3 cm³/mol. The molecule has 5 heteroatoms. The van der Waals surface area contributed by atoms with Crippen LogP contribution in [0.2, 0.25) is 0 Å². The Balaban J connectivity index is 2.28. The number of β-amino-alcohol motifs (C(OH)–C–C–N with tert-alkyl or cyclic N) is 1. The first kappa shape index (κ1) is 13.4. The third kappa shape index (κ3) is 4.47. The second kappa shape index (κ2) is 6.83. The number of carboxylic acid groups (broad SMARTS) is 1. The Bertz CT molecular complexity index is 222.